The van der Waals surface area contributed by atoms with Gasteiger partial charge in [0.1, 0.15) is 10.6 Å². The Morgan fingerprint density at radius 3 is 2.35 bits per heavy atom. The van der Waals surface area contributed by atoms with Gasteiger partial charge in [0, 0.05) is 6.26 Å². The maximum absolute atomic E-state index is 12.0. The van der Waals surface area contributed by atoms with Gasteiger partial charge in [-0.25, -0.2) is 8.42 Å². The zero-order chi connectivity index (χ0) is 15.4. The quantitative estimate of drug-likeness (QED) is 0.716. The highest BCUT2D eigenvalue weighted by Crippen LogP contribution is 2.33. The fraction of sp³-hybridized carbons (Fsp3) is 0.625. The lowest BCUT2D eigenvalue weighted by Crippen LogP contribution is -2.16. The number of hydrogen-bond acceptors (Lipinski definition) is 3. The average Bonchev–Trinajstić information content (AvgIpc) is 2.38. The van der Waals surface area contributed by atoms with Crippen LogP contribution in [-0.4, -0.2) is 21.3 Å². The van der Waals surface area contributed by atoms with Crippen LogP contribution in [0.15, 0.2) is 23.1 Å². The van der Waals surface area contributed by atoms with Gasteiger partial charge in [0.25, 0.3) is 0 Å². The standard InChI is InChI=1S/C16H26O3S/c1-6-8-11-19-14-10-9-13(16(3,4)7-2)12-15(14)20(5,17)18/h9-10,12H,6-8,11H2,1-5H3. The van der Waals surface area contributed by atoms with E-state index < -0.39 is 9.84 Å². The maximum atomic E-state index is 12.0. The Bertz CT molecular complexity index is 545. The summed E-state index contributed by atoms with van der Waals surface area (Å²) in [7, 11) is -3.29. The van der Waals surface area contributed by atoms with Crippen molar-refractivity contribution in [3.05, 3.63) is 23.8 Å². The molecule has 0 bridgehead atoms. The summed E-state index contributed by atoms with van der Waals surface area (Å²) < 4.78 is 29.6. The van der Waals surface area contributed by atoms with Crippen molar-refractivity contribution in [2.75, 3.05) is 12.9 Å². The zero-order valence-electron chi connectivity index (χ0n) is 13.2. The fourth-order valence-electron chi connectivity index (χ4n) is 1.87. The van der Waals surface area contributed by atoms with Crippen LogP contribution in [-0.2, 0) is 15.3 Å². The molecule has 0 unspecified atom stereocenters. The van der Waals surface area contributed by atoms with E-state index in [0.29, 0.717) is 17.3 Å². The van der Waals surface area contributed by atoms with E-state index in [0.717, 1.165) is 24.8 Å². The first-order valence-corrected chi connectivity index (χ1v) is 9.09. The molecular formula is C16H26O3S. The fourth-order valence-corrected chi connectivity index (χ4v) is 2.70. The molecule has 0 fully saturated rings. The van der Waals surface area contributed by atoms with Crippen LogP contribution in [0.2, 0.25) is 0 Å². The van der Waals surface area contributed by atoms with Crippen molar-refractivity contribution in [3.63, 3.8) is 0 Å². The smallest absolute Gasteiger partial charge is 0.179 e. The minimum absolute atomic E-state index is 0.0403. The van der Waals surface area contributed by atoms with Crippen LogP contribution in [0.4, 0.5) is 0 Å². The Kier molecular flexibility index (Phi) is 5.63. The lowest BCUT2D eigenvalue weighted by molar-refractivity contribution is 0.301. The van der Waals surface area contributed by atoms with Crippen molar-refractivity contribution in [3.8, 4) is 5.75 Å². The highest BCUT2D eigenvalue weighted by Gasteiger charge is 2.22. The normalized spacial score (nSPS) is 12.4. The monoisotopic (exact) mass is 298 g/mol. The van der Waals surface area contributed by atoms with Gasteiger partial charge >= 0.3 is 0 Å². The van der Waals surface area contributed by atoms with Crippen molar-refractivity contribution in [1.82, 2.24) is 0 Å². The van der Waals surface area contributed by atoms with Gasteiger partial charge in [-0.15, -0.1) is 0 Å². The summed E-state index contributed by atoms with van der Waals surface area (Å²) in [6, 6.07) is 5.53. The van der Waals surface area contributed by atoms with Crippen LogP contribution < -0.4 is 4.74 Å². The van der Waals surface area contributed by atoms with E-state index in [2.05, 4.69) is 27.7 Å². The third kappa shape index (κ3) is 4.23. The maximum Gasteiger partial charge on any atom is 0.179 e. The predicted octanol–water partition coefficient (Wildman–Crippen LogP) is 3.96. The largest absolute Gasteiger partial charge is 0.492 e. The molecule has 0 aliphatic rings. The summed E-state index contributed by atoms with van der Waals surface area (Å²) in [5, 5.41) is 0. The lowest BCUT2D eigenvalue weighted by Gasteiger charge is -2.24. The van der Waals surface area contributed by atoms with Gasteiger partial charge < -0.3 is 4.74 Å². The van der Waals surface area contributed by atoms with Gasteiger partial charge in [-0.2, -0.15) is 0 Å². The van der Waals surface area contributed by atoms with E-state index in [4.69, 9.17) is 4.74 Å². The molecule has 3 nitrogen and oxygen atoms in total. The van der Waals surface area contributed by atoms with E-state index >= 15 is 0 Å². The minimum atomic E-state index is -3.29. The molecule has 0 saturated carbocycles. The van der Waals surface area contributed by atoms with E-state index in [1.807, 2.05) is 6.07 Å². The second-order valence-electron chi connectivity index (χ2n) is 5.87. The van der Waals surface area contributed by atoms with Gasteiger partial charge in [0.05, 0.1) is 6.61 Å². The lowest BCUT2D eigenvalue weighted by atomic mass is 9.82. The number of sulfone groups is 1. The molecule has 1 rings (SSSR count). The topological polar surface area (TPSA) is 43.4 Å². The molecule has 0 heterocycles. The molecule has 0 N–H and O–H groups in total. The summed E-state index contributed by atoms with van der Waals surface area (Å²) in [5.74, 6) is 0.469. The summed E-state index contributed by atoms with van der Waals surface area (Å²) in [6.07, 6.45) is 4.13. The van der Waals surface area contributed by atoms with E-state index in [-0.39, 0.29) is 5.41 Å². The Morgan fingerprint density at radius 2 is 1.85 bits per heavy atom. The van der Waals surface area contributed by atoms with Crippen molar-refractivity contribution in [2.45, 2.75) is 57.3 Å². The third-order valence-corrected chi connectivity index (χ3v) is 4.88. The van der Waals surface area contributed by atoms with Crippen molar-refractivity contribution < 1.29 is 13.2 Å². The zero-order valence-corrected chi connectivity index (χ0v) is 14.0. The van der Waals surface area contributed by atoms with Crippen LogP contribution in [0.3, 0.4) is 0 Å². The molecule has 0 atom stereocenters. The van der Waals surface area contributed by atoms with Crippen molar-refractivity contribution >= 4 is 9.84 Å². The highest BCUT2D eigenvalue weighted by molar-refractivity contribution is 7.90. The third-order valence-electron chi connectivity index (χ3n) is 3.76. The molecule has 0 radical (unpaired) electrons. The molecule has 0 saturated heterocycles. The summed E-state index contributed by atoms with van der Waals surface area (Å²) in [4.78, 5) is 0.299. The van der Waals surface area contributed by atoms with Crippen LogP contribution in [0.25, 0.3) is 0 Å². The summed E-state index contributed by atoms with van der Waals surface area (Å²) in [6.45, 7) is 8.97. The van der Waals surface area contributed by atoms with Crippen LogP contribution in [0, 0.1) is 0 Å². The highest BCUT2D eigenvalue weighted by atomic mass is 32.2. The Hall–Kier alpha value is -1.03. The first kappa shape index (κ1) is 17.0. The molecule has 1 aromatic carbocycles. The molecular weight excluding hydrogens is 272 g/mol. The van der Waals surface area contributed by atoms with E-state index in [1.165, 1.54) is 6.26 Å². The second-order valence-corrected chi connectivity index (χ2v) is 7.86. The van der Waals surface area contributed by atoms with Crippen LogP contribution in [0.5, 0.6) is 5.75 Å². The minimum Gasteiger partial charge on any atom is -0.492 e. The van der Waals surface area contributed by atoms with Gasteiger partial charge in [0.15, 0.2) is 9.84 Å². The van der Waals surface area contributed by atoms with Gasteiger partial charge in [-0.3, -0.25) is 0 Å². The molecule has 0 aromatic heterocycles. The second kappa shape index (κ2) is 6.61. The Balaban J connectivity index is 3.21. The molecule has 0 aliphatic heterocycles. The van der Waals surface area contributed by atoms with E-state index in [1.54, 1.807) is 12.1 Å². The van der Waals surface area contributed by atoms with Gasteiger partial charge in [0.2, 0.25) is 0 Å². The van der Waals surface area contributed by atoms with Gasteiger partial charge in [-0.1, -0.05) is 40.2 Å². The predicted molar refractivity (Wildman–Crippen MR) is 83.3 cm³/mol. The molecule has 4 heteroatoms. The molecule has 0 amide bonds. The molecule has 0 spiro atoms. The molecule has 20 heavy (non-hydrogen) atoms. The Labute approximate surface area is 123 Å². The molecule has 0 aliphatic carbocycles. The molecule has 1 aromatic rings. The SMILES string of the molecule is CCCCOc1ccc(C(C)(C)CC)cc1S(C)(=O)=O. The first-order chi connectivity index (χ1) is 9.22. The van der Waals surface area contributed by atoms with Crippen LogP contribution in [0.1, 0.15) is 52.5 Å². The van der Waals surface area contributed by atoms with Crippen molar-refractivity contribution in [2.24, 2.45) is 0 Å². The molecule has 114 valence electrons. The number of benzene rings is 1. The van der Waals surface area contributed by atoms with Crippen molar-refractivity contribution in [1.29, 1.82) is 0 Å². The van der Waals surface area contributed by atoms with Crippen LogP contribution >= 0.6 is 0 Å². The number of rotatable bonds is 7. The number of hydrogen-bond donors (Lipinski definition) is 0. The summed E-state index contributed by atoms with van der Waals surface area (Å²) >= 11 is 0. The number of ether oxygens (including phenoxy) is 1. The Morgan fingerprint density at radius 1 is 1.20 bits per heavy atom. The average molecular weight is 298 g/mol. The van der Waals surface area contributed by atoms with Gasteiger partial charge in [-0.05, 0) is 36.0 Å². The van der Waals surface area contributed by atoms with E-state index in [9.17, 15) is 8.42 Å². The first-order valence-electron chi connectivity index (χ1n) is 7.19. The summed E-state index contributed by atoms with van der Waals surface area (Å²) in [5.41, 5.74) is 0.991. The number of unbranched alkanes of at least 4 members (excludes halogenated alkanes) is 1.